The molecule has 0 saturated carbocycles. The minimum absolute atomic E-state index is 0.294. The van der Waals surface area contributed by atoms with Gasteiger partial charge in [0.2, 0.25) is 0 Å². The van der Waals surface area contributed by atoms with Crippen molar-refractivity contribution in [1.29, 1.82) is 0 Å². The summed E-state index contributed by atoms with van der Waals surface area (Å²) in [7, 11) is 0. The molecule has 0 bridgehead atoms. The third kappa shape index (κ3) is 9.11. The van der Waals surface area contributed by atoms with Crippen LogP contribution in [-0.4, -0.2) is 32.4 Å². The lowest BCUT2D eigenvalue weighted by Crippen LogP contribution is -2.01. The third-order valence-corrected chi connectivity index (χ3v) is 9.67. The SMILES string of the molecule is CC(C)c1cc(-c2cc(C(C)C)c(N=CCc3cccc(-c4ccccn4)n3)c(C(C)C)c2)cc(C(C)C)c1N=CCc1cccc(-c2ccccn2)n1. The van der Waals surface area contributed by atoms with Crippen LogP contribution in [0.25, 0.3) is 33.9 Å². The normalized spacial score (nSPS) is 12.0. The van der Waals surface area contributed by atoms with E-state index in [9.17, 15) is 0 Å². The first-order valence-corrected chi connectivity index (χ1v) is 19.2. The lowest BCUT2D eigenvalue weighted by atomic mass is 9.85. The summed E-state index contributed by atoms with van der Waals surface area (Å²) < 4.78 is 0. The Labute approximate surface area is 321 Å². The maximum absolute atomic E-state index is 5.16. The number of aliphatic imine (C=N–C) groups is 2. The number of hydrogen-bond donors (Lipinski definition) is 0. The van der Waals surface area contributed by atoms with Gasteiger partial charge < -0.3 is 0 Å². The minimum Gasteiger partial charge on any atom is -0.260 e. The van der Waals surface area contributed by atoms with Crippen LogP contribution in [0.4, 0.5) is 11.4 Å². The predicted molar refractivity (Wildman–Crippen MR) is 227 cm³/mol. The average molecular weight is 713 g/mol. The van der Waals surface area contributed by atoms with E-state index >= 15 is 0 Å². The Morgan fingerprint density at radius 3 is 1.11 bits per heavy atom. The van der Waals surface area contributed by atoms with Crippen LogP contribution in [0.2, 0.25) is 0 Å². The lowest BCUT2D eigenvalue weighted by molar-refractivity contribution is 0.831. The fraction of sp³-hybridized carbons (Fsp3) is 0.292. The summed E-state index contributed by atoms with van der Waals surface area (Å²) in [5, 5.41) is 0. The van der Waals surface area contributed by atoms with Crippen molar-refractivity contribution in [2.24, 2.45) is 9.98 Å². The summed E-state index contributed by atoms with van der Waals surface area (Å²) in [5.74, 6) is 1.18. The molecule has 4 heterocycles. The zero-order valence-electron chi connectivity index (χ0n) is 33.0. The molecule has 0 radical (unpaired) electrons. The summed E-state index contributed by atoms with van der Waals surface area (Å²) in [6, 6.07) is 33.4. The molecule has 0 fully saturated rings. The van der Waals surface area contributed by atoms with Crippen LogP contribution in [0, 0.1) is 0 Å². The van der Waals surface area contributed by atoms with Gasteiger partial charge in [0.15, 0.2) is 0 Å². The monoisotopic (exact) mass is 712 g/mol. The topological polar surface area (TPSA) is 76.3 Å². The highest BCUT2D eigenvalue weighted by Gasteiger charge is 2.20. The molecule has 0 amide bonds. The summed E-state index contributed by atoms with van der Waals surface area (Å²) in [4.78, 5) is 29.0. The molecule has 0 spiro atoms. The van der Waals surface area contributed by atoms with Crippen LogP contribution in [0.15, 0.2) is 119 Å². The first kappa shape index (κ1) is 38.1. The highest BCUT2D eigenvalue weighted by atomic mass is 14.8. The van der Waals surface area contributed by atoms with E-state index in [0.717, 1.165) is 45.5 Å². The quantitative estimate of drug-likeness (QED) is 0.112. The summed E-state index contributed by atoms with van der Waals surface area (Å²) in [5.41, 5.74) is 15.0. The molecule has 4 aromatic heterocycles. The zero-order chi connectivity index (χ0) is 38.2. The van der Waals surface area contributed by atoms with Gasteiger partial charge in [-0.3, -0.25) is 29.9 Å². The van der Waals surface area contributed by atoms with Gasteiger partial charge >= 0.3 is 0 Å². The van der Waals surface area contributed by atoms with Crippen molar-refractivity contribution in [2.45, 2.75) is 91.9 Å². The van der Waals surface area contributed by atoms with E-state index in [1.165, 1.54) is 33.4 Å². The highest BCUT2D eigenvalue weighted by molar-refractivity contribution is 5.79. The number of pyridine rings is 4. The maximum Gasteiger partial charge on any atom is 0.0889 e. The van der Waals surface area contributed by atoms with Crippen molar-refractivity contribution in [2.75, 3.05) is 0 Å². The van der Waals surface area contributed by atoms with Crippen molar-refractivity contribution >= 4 is 23.8 Å². The molecule has 2 aromatic carbocycles. The molecule has 0 saturated heterocycles. The molecule has 0 unspecified atom stereocenters. The van der Waals surface area contributed by atoms with Gasteiger partial charge in [-0.15, -0.1) is 0 Å². The van der Waals surface area contributed by atoms with Crippen molar-refractivity contribution < 1.29 is 0 Å². The van der Waals surface area contributed by atoms with Crippen LogP contribution in [0.3, 0.4) is 0 Å². The van der Waals surface area contributed by atoms with Crippen molar-refractivity contribution in [3.8, 4) is 33.9 Å². The van der Waals surface area contributed by atoms with Crippen molar-refractivity contribution in [3.05, 3.63) is 143 Å². The number of rotatable bonds is 13. The Hall–Kier alpha value is -5.62. The molecule has 0 atom stereocenters. The Morgan fingerprint density at radius 2 is 0.796 bits per heavy atom. The molecule has 274 valence electrons. The average Bonchev–Trinajstić information content (AvgIpc) is 3.18. The lowest BCUT2D eigenvalue weighted by Gasteiger charge is -2.22. The second-order valence-corrected chi connectivity index (χ2v) is 15.1. The molecule has 6 heteroatoms. The van der Waals surface area contributed by atoms with Crippen LogP contribution >= 0.6 is 0 Å². The number of aromatic nitrogens is 4. The van der Waals surface area contributed by atoms with Gasteiger partial charge in [0.25, 0.3) is 0 Å². The Kier molecular flexibility index (Phi) is 12.3. The molecule has 6 aromatic rings. The molecule has 0 N–H and O–H groups in total. The Bertz CT molecular complexity index is 2020. The van der Waals surface area contributed by atoms with Crippen LogP contribution in [0.1, 0.15) is 113 Å². The van der Waals surface area contributed by atoms with Crippen molar-refractivity contribution in [1.82, 2.24) is 19.9 Å². The van der Waals surface area contributed by atoms with Gasteiger partial charge in [-0.2, -0.15) is 0 Å². The Balaban J connectivity index is 1.32. The zero-order valence-corrected chi connectivity index (χ0v) is 33.0. The van der Waals surface area contributed by atoms with E-state index in [-0.39, 0.29) is 0 Å². The van der Waals surface area contributed by atoms with Crippen LogP contribution in [0.5, 0.6) is 0 Å². The standard InChI is InChI=1S/C48H52N6/c1-31(2)39-27-35(28-40(32(3)4)47(39)51-25-21-37-15-13-19-45(53-37)43-17-9-11-23-49-43)36-29-41(33(5)6)48(42(30-36)34(7)8)52-26-22-38-16-14-20-46(54-38)44-18-10-12-24-50-44/h9-20,23-34H,21-22H2,1-8H3. The fourth-order valence-electron chi connectivity index (χ4n) is 6.71. The smallest absolute Gasteiger partial charge is 0.0889 e. The van der Waals surface area contributed by atoms with Gasteiger partial charge in [-0.25, -0.2) is 0 Å². The minimum atomic E-state index is 0.294. The van der Waals surface area contributed by atoms with Gasteiger partial charge in [0, 0.05) is 49.1 Å². The van der Waals surface area contributed by atoms with Crippen LogP contribution in [-0.2, 0) is 12.8 Å². The number of benzene rings is 2. The van der Waals surface area contributed by atoms with E-state index in [4.69, 9.17) is 20.0 Å². The van der Waals surface area contributed by atoms with Gasteiger partial charge in [0.1, 0.15) is 0 Å². The number of nitrogens with zero attached hydrogens (tertiary/aromatic N) is 6. The molecule has 6 rings (SSSR count). The van der Waals surface area contributed by atoms with E-state index in [1.807, 2.05) is 73.1 Å². The maximum atomic E-state index is 5.16. The van der Waals surface area contributed by atoms with Gasteiger partial charge in [-0.05, 0) is 130 Å². The predicted octanol–water partition coefficient (Wildman–Crippen LogP) is 12.7. The van der Waals surface area contributed by atoms with E-state index in [0.29, 0.717) is 36.5 Å². The van der Waals surface area contributed by atoms with Gasteiger partial charge in [0.05, 0.1) is 34.2 Å². The summed E-state index contributed by atoms with van der Waals surface area (Å²) in [6.45, 7) is 18.1. The number of hydrogen-bond acceptors (Lipinski definition) is 6. The molecule has 0 aliphatic carbocycles. The van der Waals surface area contributed by atoms with Crippen molar-refractivity contribution in [3.63, 3.8) is 0 Å². The molecule has 6 nitrogen and oxygen atoms in total. The Morgan fingerprint density at radius 1 is 0.444 bits per heavy atom. The largest absolute Gasteiger partial charge is 0.260 e. The molecule has 54 heavy (non-hydrogen) atoms. The van der Waals surface area contributed by atoms with Crippen LogP contribution < -0.4 is 0 Å². The second kappa shape index (κ2) is 17.5. The second-order valence-electron chi connectivity index (χ2n) is 15.1. The molecule has 0 aliphatic heterocycles. The third-order valence-electron chi connectivity index (χ3n) is 9.67. The van der Waals surface area contributed by atoms with E-state index in [2.05, 4.69) is 102 Å². The van der Waals surface area contributed by atoms with E-state index < -0.39 is 0 Å². The first-order valence-electron chi connectivity index (χ1n) is 19.2. The molecular formula is C48H52N6. The molecular weight excluding hydrogens is 661 g/mol. The fourth-order valence-corrected chi connectivity index (χ4v) is 6.71. The first-order chi connectivity index (χ1) is 26.1. The van der Waals surface area contributed by atoms with Gasteiger partial charge in [-0.1, -0.05) is 79.7 Å². The summed E-state index contributed by atoms with van der Waals surface area (Å²) >= 11 is 0. The van der Waals surface area contributed by atoms with E-state index in [1.54, 1.807) is 12.4 Å². The highest BCUT2D eigenvalue weighted by Crippen LogP contribution is 2.43. The molecule has 0 aliphatic rings. The summed E-state index contributed by atoms with van der Waals surface area (Å²) in [6.07, 6.45) is 8.91.